The molecule has 0 bridgehead atoms. The second-order valence-corrected chi connectivity index (χ2v) is 8.25. The van der Waals surface area contributed by atoms with Gasteiger partial charge in [-0.15, -0.1) is 0 Å². The van der Waals surface area contributed by atoms with Crippen molar-refractivity contribution in [3.8, 4) is 5.75 Å². The van der Waals surface area contributed by atoms with Crippen LogP contribution in [0.15, 0.2) is 29.2 Å². The van der Waals surface area contributed by atoms with Gasteiger partial charge in [-0.3, -0.25) is 19.3 Å². The van der Waals surface area contributed by atoms with Crippen LogP contribution in [0, 0.1) is 0 Å². The molecule has 6 nitrogen and oxygen atoms in total. The second-order valence-electron chi connectivity index (χ2n) is 7.26. The summed E-state index contributed by atoms with van der Waals surface area (Å²) >= 11 is 0.815. The number of carbonyl (C=O) groups is 3. The molecule has 1 aromatic rings. The Kier molecular flexibility index (Phi) is 6.70. The van der Waals surface area contributed by atoms with E-state index < -0.39 is 22.7 Å². The molecule has 1 heterocycles. The normalized spacial score (nSPS) is 17.4. The Hall–Kier alpha value is -2.28. The number of carbonyl (C=O) groups excluding carboxylic acids is 3. The first-order valence-corrected chi connectivity index (χ1v) is 9.64. The highest BCUT2D eigenvalue weighted by Crippen LogP contribution is 2.32. The minimum Gasteiger partial charge on any atom is -0.491 e. The van der Waals surface area contributed by atoms with Gasteiger partial charge >= 0.3 is 5.97 Å². The van der Waals surface area contributed by atoms with Crippen LogP contribution in [0.25, 0.3) is 6.08 Å². The van der Waals surface area contributed by atoms with Gasteiger partial charge in [-0.25, -0.2) is 0 Å². The number of rotatable bonds is 6. The molecule has 0 radical (unpaired) electrons. The summed E-state index contributed by atoms with van der Waals surface area (Å²) in [6.45, 7) is 8.84. The van der Waals surface area contributed by atoms with E-state index in [2.05, 4.69) is 0 Å². The summed E-state index contributed by atoms with van der Waals surface area (Å²) in [5.74, 6) is -0.354. The zero-order chi connectivity index (χ0) is 20.2. The quantitative estimate of drug-likeness (QED) is 0.533. The van der Waals surface area contributed by atoms with Crippen LogP contribution in [0.4, 0.5) is 4.79 Å². The van der Waals surface area contributed by atoms with Crippen LogP contribution in [-0.2, 0) is 14.3 Å². The van der Waals surface area contributed by atoms with Crippen molar-refractivity contribution in [1.29, 1.82) is 0 Å². The summed E-state index contributed by atoms with van der Waals surface area (Å²) in [5.41, 5.74) is 0.0997. The lowest BCUT2D eigenvalue weighted by atomic mass is 10.2. The third-order valence-corrected chi connectivity index (χ3v) is 4.58. The molecule has 146 valence electrons. The van der Waals surface area contributed by atoms with Crippen molar-refractivity contribution < 1.29 is 23.9 Å². The first-order valence-electron chi connectivity index (χ1n) is 8.83. The number of thioether (sulfide) groups is 1. The Bertz CT molecular complexity index is 749. The standard InChI is InChI=1S/C20H25NO5S/c1-6-13(2)25-15-9-7-14(8-10-15)11-16-18(23)21(19(24)27-16)12-17(22)26-20(3,4)5/h7-11,13H,6,12H2,1-5H3. The summed E-state index contributed by atoms with van der Waals surface area (Å²) in [6, 6.07) is 7.28. The molecule has 0 N–H and O–H groups in total. The Morgan fingerprint density at radius 1 is 1.22 bits per heavy atom. The predicted molar refractivity (Wildman–Crippen MR) is 105 cm³/mol. The van der Waals surface area contributed by atoms with Gasteiger partial charge in [0, 0.05) is 0 Å². The van der Waals surface area contributed by atoms with Gasteiger partial charge in [-0.05, 0) is 69.6 Å². The van der Waals surface area contributed by atoms with Crippen LogP contribution in [-0.4, -0.2) is 40.3 Å². The van der Waals surface area contributed by atoms with Crippen molar-refractivity contribution in [2.24, 2.45) is 0 Å². The fourth-order valence-electron chi connectivity index (χ4n) is 2.25. The van der Waals surface area contributed by atoms with Crippen LogP contribution in [0.2, 0.25) is 0 Å². The highest BCUT2D eigenvalue weighted by molar-refractivity contribution is 8.18. The molecule has 0 saturated carbocycles. The second kappa shape index (κ2) is 8.61. The average molecular weight is 391 g/mol. The van der Waals surface area contributed by atoms with E-state index in [-0.39, 0.29) is 17.6 Å². The van der Waals surface area contributed by atoms with E-state index in [1.807, 2.05) is 38.1 Å². The third kappa shape index (κ3) is 6.13. The van der Waals surface area contributed by atoms with E-state index in [9.17, 15) is 14.4 Å². The Labute approximate surface area is 163 Å². The first-order chi connectivity index (χ1) is 12.6. The van der Waals surface area contributed by atoms with Crippen molar-refractivity contribution in [1.82, 2.24) is 4.90 Å². The SMILES string of the molecule is CCC(C)Oc1ccc(C=C2SC(=O)N(CC(=O)OC(C)(C)C)C2=O)cc1. The Morgan fingerprint density at radius 2 is 1.85 bits per heavy atom. The summed E-state index contributed by atoms with van der Waals surface area (Å²) in [5, 5.41) is -0.478. The van der Waals surface area contributed by atoms with Gasteiger partial charge in [0.05, 0.1) is 11.0 Å². The van der Waals surface area contributed by atoms with Gasteiger partial charge in [-0.2, -0.15) is 0 Å². The molecule has 1 aliphatic rings. The van der Waals surface area contributed by atoms with Gasteiger partial charge in [-0.1, -0.05) is 19.1 Å². The third-order valence-electron chi connectivity index (χ3n) is 3.67. The van der Waals surface area contributed by atoms with Gasteiger partial charge in [0.25, 0.3) is 11.1 Å². The molecule has 7 heteroatoms. The summed E-state index contributed by atoms with van der Waals surface area (Å²) in [7, 11) is 0. The molecular formula is C20H25NO5S. The number of benzene rings is 1. The van der Waals surface area contributed by atoms with Gasteiger partial charge in [0.1, 0.15) is 17.9 Å². The van der Waals surface area contributed by atoms with Gasteiger partial charge in [0.2, 0.25) is 0 Å². The summed E-state index contributed by atoms with van der Waals surface area (Å²) in [6.07, 6.45) is 2.67. The van der Waals surface area contributed by atoms with E-state index in [0.29, 0.717) is 0 Å². The number of nitrogens with zero attached hydrogens (tertiary/aromatic N) is 1. The fraction of sp³-hybridized carbons (Fsp3) is 0.450. The number of hydrogen-bond donors (Lipinski definition) is 0. The minimum absolute atomic E-state index is 0.125. The van der Waals surface area contributed by atoms with Crippen molar-refractivity contribution in [2.45, 2.75) is 52.7 Å². The van der Waals surface area contributed by atoms with E-state index in [1.54, 1.807) is 26.8 Å². The lowest BCUT2D eigenvalue weighted by Crippen LogP contribution is -2.37. The van der Waals surface area contributed by atoms with E-state index in [1.165, 1.54) is 0 Å². The van der Waals surface area contributed by atoms with E-state index in [0.717, 1.165) is 34.4 Å². The monoisotopic (exact) mass is 391 g/mol. The highest BCUT2D eigenvalue weighted by Gasteiger charge is 2.37. The lowest BCUT2D eigenvalue weighted by Gasteiger charge is -2.21. The molecule has 1 unspecified atom stereocenters. The molecule has 0 spiro atoms. The van der Waals surface area contributed by atoms with Crippen LogP contribution >= 0.6 is 11.8 Å². The predicted octanol–water partition coefficient (Wildman–Crippen LogP) is 4.24. The molecule has 2 amide bonds. The molecule has 1 atom stereocenters. The van der Waals surface area contributed by atoms with Gasteiger partial charge in [0.15, 0.2) is 0 Å². The molecule has 1 aromatic carbocycles. The Balaban J connectivity index is 2.06. The smallest absolute Gasteiger partial charge is 0.326 e. The number of ether oxygens (including phenoxy) is 2. The highest BCUT2D eigenvalue weighted by atomic mass is 32.2. The molecule has 0 aliphatic carbocycles. The largest absolute Gasteiger partial charge is 0.491 e. The number of hydrogen-bond acceptors (Lipinski definition) is 6. The van der Waals surface area contributed by atoms with Crippen molar-refractivity contribution in [3.63, 3.8) is 0 Å². The minimum atomic E-state index is -0.673. The molecule has 1 aliphatic heterocycles. The summed E-state index contributed by atoms with van der Waals surface area (Å²) in [4.78, 5) is 37.6. The number of esters is 1. The maximum Gasteiger partial charge on any atom is 0.326 e. The van der Waals surface area contributed by atoms with E-state index >= 15 is 0 Å². The zero-order valence-corrected chi connectivity index (χ0v) is 17.1. The molecule has 0 aromatic heterocycles. The number of imide groups is 1. The maximum atomic E-state index is 12.5. The topological polar surface area (TPSA) is 72.9 Å². The fourth-order valence-corrected chi connectivity index (χ4v) is 3.09. The average Bonchev–Trinajstić information content (AvgIpc) is 2.82. The van der Waals surface area contributed by atoms with Crippen LogP contribution < -0.4 is 4.74 Å². The van der Waals surface area contributed by atoms with E-state index in [4.69, 9.17) is 9.47 Å². The van der Waals surface area contributed by atoms with Crippen LogP contribution in [0.5, 0.6) is 5.75 Å². The maximum absolute atomic E-state index is 12.5. The van der Waals surface area contributed by atoms with Gasteiger partial charge < -0.3 is 9.47 Å². The van der Waals surface area contributed by atoms with Crippen LogP contribution in [0.3, 0.4) is 0 Å². The Morgan fingerprint density at radius 3 is 2.41 bits per heavy atom. The molecule has 2 rings (SSSR count). The van der Waals surface area contributed by atoms with Crippen molar-refractivity contribution >= 4 is 35.0 Å². The van der Waals surface area contributed by atoms with Crippen molar-refractivity contribution in [3.05, 3.63) is 34.7 Å². The lowest BCUT2D eigenvalue weighted by molar-refractivity contribution is -0.156. The van der Waals surface area contributed by atoms with Crippen molar-refractivity contribution in [2.75, 3.05) is 6.54 Å². The first kappa shape index (κ1) is 21.0. The molecular weight excluding hydrogens is 366 g/mol. The summed E-state index contributed by atoms with van der Waals surface area (Å²) < 4.78 is 10.9. The zero-order valence-electron chi connectivity index (χ0n) is 16.3. The molecule has 27 heavy (non-hydrogen) atoms. The molecule has 1 fully saturated rings. The molecule has 1 saturated heterocycles. The van der Waals surface area contributed by atoms with Crippen LogP contribution in [0.1, 0.15) is 46.6 Å². The number of amides is 2.